The summed E-state index contributed by atoms with van der Waals surface area (Å²) in [5, 5.41) is 14.9. The van der Waals surface area contributed by atoms with Crippen molar-refractivity contribution in [1.29, 1.82) is 0 Å². The third-order valence-corrected chi connectivity index (χ3v) is 5.16. The number of hydrogen-bond acceptors (Lipinski definition) is 6. The molecule has 1 aromatic heterocycles. The molecule has 7 nitrogen and oxygen atoms in total. The highest BCUT2D eigenvalue weighted by Crippen LogP contribution is 2.28. The van der Waals surface area contributed by atoms with E-state index in [1.54, 1.807) is 4.68 Å². The lowest BCUT2D eigenvalue weighted by Crippen LogP contribution is -2.22. The first-order chi connectivity index (χ1) is 13.1. The lowest BCUT2D eigenvalue weighted by Gasteiger charge is -2.13. The molecule has 2 aromatic carbocycles. The summed E-state index contributed by atoms with van der Waals surface area (Å²) < 4.78 is 8.18. The average Bonchev–Trinajstić information content (AvgIpc) is 3.12. The molecule has 1 atom stereocenters. The number of nitrogens with zero attached hydrogens (tertiary/aromatic N) is 4. The number of benzene rings is 2. The second-order valence-electron chi connectivity index (χ2n) is 5.53. The molecule has 1 N–H and O–H groups in total. The van der Waals surface area contributed by atoms with Crippen molar-refractivity contribution < 1.29 is 9.53 Å². The largest absolute Gasteiger partial charge is 0.492 e. The highest BCUT2D eigenvalue weighted by molar-refractivity contribution is 9.10. The Morgan fingerprint density at radius 3 is 2.74 bits per heavy atom. The number of carbonyl (C=O) groups excluding carboxylic acids is 1. The van der Waals surface area contributed by atoms with Crippen LogP contribution in [0.1, 0.15) is 13.8 Å². The van der Waals surface area contributed by atoms with E-state index >= 15 is 0 Å². The minimum Gasteiger partial charge on any atom is -0.492 e. The van der Waals surface area contributed by atoms with Gasteiger partial charge in [0.15, 0.2) is 0 Å². The third kappa shape index (κ3) is 4.86. The fourth-order valence-corrected chi connectivity index (χ4v) is 3.37. The van der Waals surface area contributed by atoms with Crippen LogP contribution >= 0.6 is 27.7 Å². The second kappa shape index (κ2) is 9.01. The Bertz CT molecular complexity index is 916. The van der Waals surface area contributed by atoms with Crippen LogP contribution in [0.25, 0.3) is 5.69 Å². The van der Waals surface area contributed by atoms with E-state index in [9.17, 15) is 4.79 Å². The molecular weight excluding hydrogens is 430 g/mol. The van der Waals surface area contributed by atoms with Crippen LogP contribution in [0.3, 0.4) is 0 Å². The maximum absolute atomic E-state index is 12.5. The van der Waals surface area contributed by atoms with Crippen molar-refractivity contribution in [3.8, 4) is 11.4 Å². The van der Waals surface area contributed by atoms with Gasteiger partial charge in [-0.25, -0.2) is 0 Å². The molecule has 0 bridgehead atoms. The number of rotatable bonds is 7. The van der Waals surface area contributed by atoms with E-state index in [-0.39, 0.29) is 5.91 Å². The number of para-hydroxylation sites is 2. The van der Waals surface area contributed by atoms with Gasteiger partial charge < -0.3 is 10.1 Å². The molecule has 0 fully saturated rings. The number of ether oxygens (including phenoxy) is 1. The molecule has 1 unspecified atom stereocenters. The number of halogens is 1. The van der Waals surface area contributed by atoms with Crippen molar-refractivity contribution in [3.05, 3.63) is 53.0 Å². The normalized spacial score (nSPS) is 11.8. The van der Waals surface area contributed by atoms with Crippen molar-refractivity contribution in [3.63, 3.8) is 0 Å². The van der Waals surface area contributed by atoms with Gasteiger partial charge in [0.05, 0.1) is 11.9 Å². The first-order valence-corrected chi connectivity index (χ1v) is 9.99. The van der Waals surface area contributed by atoms with E-state index < -0.39 is 5.25 Å². The van der Waals surface area contributed by atoms with Crippen molar-refractivity contribution in [2.24, 2.45) is 0 Å². The van der Waals surface area contributed by atoms with Crippen molar-refractivity contribution in [1.82, 2.24) is 20.2 Å². The lowest BCUT2D eigenvalue weighted by atomic mass is 10.3. The summed E-state index contributed by atoms with van der Waals surface area (Å²) in [5.74, 6) is 0.552. The van der Waals surface area contributed by atoms with Gasteiger partial charge in [-0.3, -0.25) is 4.79 Å². The highest BCUT2D eigenvalue weighted by Gasteiger charge is 2.20. The van der Waals surface area contributed by atoms with Crippen molar-refractivity contribution in [2.75, 3.05) is 11.9 Å². The van der Waals surface area contributed by atoms with E-state index in [0.29, 0.717) is 17.5 Å². The van der Waals surface area contributed by atoms with Gasteiger partial charge in [-0.15, -0.1) is 5.10 Å². The van der Waals surface area contributed by atoms with Crippen LogP contribution in [0, 0.1) is 0 Å². The van der Waals surface area contributed by atoms with Crippen molar-refractivity contribution in [2.45, 2.75) is 24.3 Å². The fourth-order valence-electron chi connectivity index (χ4n) is 2.30. The Hall–Kier alpha value is -2.39. The number of amides is 1. The van der Waals surface area contributed by atoms with Gasteiger partial charge in [-0.1, -0.05) is 39.8 Å². The minimum absolute atomic E-state index is 0.130. The third-order valence-electron chi connectivity index (χ3n) is 3.60. The molecule has 0 aliphatic rings. The van der Waals surface area contributed by atoms with Gasteiger partial charge in [-0.2, -0.15) is 4.68 Å². The van der Waals surface area contributed by atoms with Gasteiger partial charge >= 0.3 is 0 Å². The topological polar surface area (TPSA) is 81.9 Å². The van der Waals surface area contributed by atoms with Crippen LogP contribution < -0.4 is 10.1 Å². The molecule has 0 aliphatic heterocycles. The standard InChI is InChI=1S/C18H18BrN5O2S/c1-3-26-16-7-5-4-6-15(16)24-18(21-22-23-24)27-12(2)17(25)20-14-10-8-13(19)9-11-14/h4-12H,3H2,1-2H3,(H,20,25). The average molecular weight is 448 g/mol. The van der Waals surface area contributed by atoms with Gasteiger partial charge in [0, 0.05) is 10.2 Å². The summed E-state index contributed by atoms with van der Waals surface area (Å²) in [7, 11) is 0. The molecule has 0 aliphatic carbocycles. The number of nitrogens with one attached hydrogen (secondary N) is 1. The number of anilines is 1. The smallest absolute Gasteiger partial charge is 0.237 e. The maximum Gasteiger partial charge on any atom is 0.237 e. The summed E-state index contributed by atoms with van der Waals surface area (Å²) in [6, 6.07) is 14.9. The molecule has 1 heterocycles. The van der Waals surface area contributed by atoms with Crippen LogP contribution in [0.4, 0.5) is 5.69 Å². The summed E-state index contributed by atoms with van der Waals surface area (Å²) in [5.41, 5.74) is 1.46. The number of hydrogen-bond donors (Lipinski definition) is 1. The molecule has 0 radical (unpaired) electrons. The van der Waals surface area contributed by atoms with E-state index in [1.807, 2.05) is 62.4 Å². The molecule has 0 saturated heterocycles. The number of aromatic nitrogens is 4. The number of thioether (sulfide) groups is 1. The SMILES string of the molecule is CCOc1ccccc1-n1nnnc1SC(C)C(=O)Nc1ccc(Br)cc1. The van der Waals surface area contributed by atoms with E-state index in [2.05, 4.69) is 36.8 Å². The Balaban J connectivity index is 1.74. The maximum atomic E-state index is 12.5. The second-order valence-corrected chi connectivity index (χ2v) is 7.75. The summed E-state index contributed by atoms with van der Waals surface area (Å²) in [6.45, 7) is 4.26. The lowest BCUT2D eigenvalue weighted by molar-refractivity contribution is -0.115. The van der Waals surface area contributed by atoms with E-state index in [1.165, 1.54) is 11.8 Å². The summed E-state index contributed by atoms with van der Waals surface area (Å²) in [6.07, 6.45) is 0. The van der Waals surface area contributed by atoms with Gasteiger partial charge in [0.1, 0.15) is 11.4 Å². The Morgan fingerprint density at radius 2 is 2.00 bits per heavy atom. The Kier molecular flexibility index (Phi) is 6.46. The first kappa shape index (κ1) is 19.4. The molecule has 0 spiro atoms. The van der Waals surface area contributed by atoms with Crippen molar-refractivity contribution >= 4 is 39.3 Å². The van der Waals surface area contributed by atoms with Crippen LogP contribution in [0.5, 0.6) is 5.75 Å². The summed E-state index contributed by atoms with van der Waals surface area (Å²) >= 11 is 4.65. The van der Waals surface area contributed by atoms with Crippen LogP contribution in [-0.2, 0) is 4.79 Å². The zero-order valence-corrected chi connectivity index (χ0v) is 17.2. The zero-order valence-electron chi connectivity index (χ0n) is 14.8. The highest BCUT2D eigenvalue weighted by atomic mass is 79.9. The molecule has 3 aromatic rings. The van der Waals surface area contributed by atoms with Crippen LogP contribution in [-0.4, -0.2) is 38.0 Å². The van der Waals surface area contributed by atoms with Crippen LogP contribution in [0.15, 0.2) is 58.2 Å². The molecule has 9 heteroatoms. The van der Waals surface area contributed by atoms with Gasteiger partial charge in [-0.05, 0) is 60.7 Å². The van der Waals surface area contributed by atoms with Crippen LogP contribution in [0.2, 0.25) is 0 Å². The Labute approximate surface area is 169 Å². The molecule has 0 saturated carbocycles. The number of tetrazole rings is 1. The van der Waals surface area contributed by atoms with Gasteiger partial charge in [0.2, 0.25) is 11.1 Å². The molecular formula is C18H18BrN5O2S. The molecule has 140 valence electrons. The van der Waals surface area contributed by atoms with E-state index in [0.717, 1.165) is 15.8 Å². The molecule has 1 amide bonds. The number of carbonyl (C=O) groups is 1. The fraction of sp³-hybridized carbons (Fsp3) is 0.222. The first-order valence-electron chi connectivity index (χ1n) is 8.32. The monoisotopic (exact) mass is 447 g/mol. The summed E-state index contributed by atoms with van der Waals surface area (Å²) in [4.78, 5) is 12.5. The predicted octanol–water partition coefficient (Wildman–Crippen LogP) is 3.94. The minimum atomic E-state index is -0.391. The zero-order chi connectivity index (χ0) is 19.2. The molecule has 3 rings (SSSR count). The molecule has 27 heavy (non-hydrogen) atoms. The Morgan fingerprint density at radius 1 is 1.26 bits per heavy atom. The van der Waals surface area contributed by atoms with E-state index in [4.69, 9.17) is 4.74 Å². The van der Waals surface area contributed by atoms with Gasteiger partial charge in [0.25, 0.3) is 0 Å². The quantitative estimate of drug-likeness (QED) is 0.552. The predicted molar refractivity (Wildman–Crippen MR) is 108 cm³/mol.